The Bertz CT molecular complexity index is 1050. The highest BCUT2D eigenvalue weighted by molar-refractivity contribution is 5.93. The zero-order valence-corrected chi connectivity index (χ0v) is 21.1. The molecular weight excluding hydrogens is 422 g/mol. The number of allylic oxidation sites excluding steroid dienone is 4. The number of hydrogen-bond acceptors (Lipinski definition) is 3. The maximum absolute atomic E-state index is 12.6. The van der Waals surface area contributed by atoms with Crippen molar-refractivity contribution in [3.8, 4) is 0 Å². The lowest BCUT2D eigenvalue weighted by atomic mass is 9.53. The third-order valence-corrected chi connectivity index (χ3v) is 9.59. The normalized spacial score (nSPS) is 32.8. The van der Waals surface area contributed by atoms with Gasteiger partial charge in [0.25, 0.3) is 0 Å². The van der Waals surface area contributed by atoms with Crippen molar-refractivity contribution in [1.29, 1.82) is 0 Å². The number of rotatable bonds is 4. The van der Waals surface area contributed by atoms with Crippen LogP contribution in [0, 0.1) is 17.3 Å². The average Bonchev–Trinajstić information content (AvgIpc) is 3.12. The largest absolute Gasteiger partial charge is 0.393 e. The smallest absolute Gasteiger partial charge is 0.226 e. The van der Waals surface area contributed by atoms with Crippen LogP contribution in [0.1, 0.15) is 82.8 Å². The molecule has 5 rings (SSSR count). The average molecular weight is 462 g/mol. The van der Waals surface area contributed by atoms with E-state index < -0.39 is 0 Å². The highest BCUT2D eigenvalue weighted by Gasteiger charge is 2.56. The summed E-state index contributed by atoms with van der Waals surface area (Å²) in [5.41, 5.74) is 6.56. The van der Waals surface area contributed by atoms with E-state index in [2.05, 4.69) is 31.2 Å². The minimum atomic E-state index is -0.236. The summed E-state index contributed by atoms with van der Waals surface area (Å²) in [5, 5.41) is 11.0. The lowest BCUT2D eigenvalue weighted by Gasteiger charge is -2.52. The molecule has 34 heavy (non-hydrogen) atoms. The Labute approximate surface area is 204 Å². The Morgan fingerprint density at radius 2 is 1.85 bits per heavy atom. The fourth-order valence-electron chi connectivity index (χ4n) is 7.39. The fraction of sp³-hybridized carbons (Fsp3) is 0.600. The van der Waals surface area contributed by atoms with E-state index in [4.69, 9.17) is 0 Å². The minimum Gasteiger partial charge on any atom is -0.393 e. The third-order valence-electron chi connectivity index (χ3n) is 9.59. The minimum absolute atomic E-state index is 0.0558. The number of nitrogens with zero attached hydrogens (tertiary/aromatic N) is 1. The van der Waals surface area contributed by atoms with Crippen LogP contribution in [0.15, 0.2) is 47.1 Å². The van der Waals surface area contributed by atoms with Gasteiger partial charge in [0.2, 0.25) is 5.91 Å². The maximum atomic E-state index is 12.6. The van der Waals surface area contributed by atoms with Gasteiger partial charge in [-0.25, -0.2) is 0 Å². The number of fused-ring (bicyclic) bond motifs is 4. The molecule has 4 heteroatoms. The molecular formula is C30H39NO3. The highest BCUT2D eigenvalue weighted by atomic mass is 16.3. The van der Waals surface area contributed by atoms with Crippen molar-refractivity contribution < 1.29 is 14.7 Å². The summed E-state index contributed by atoms with van der Waals surface area (Å²) >= 11 is 0. The molecule has 0 aromatic heterocycles. The van der Waals surface area contributed by atoms with Crippen molar-refractivity contribution in [3.05, 3.63) is 58.2 Å². The molecule has 1 aromatic rings. The number of likely N-dealkylation sites (N-methyl/N-ethyl adjacent to an activating group) is 1. The number of carbonyl (C=O) groups is 2. The summed E-state index contributed by atoms with van der Waals surface area (Å²) < 4.78 is 0. The molecule has 182 valence electrons. The molecule has 2 saturated carbocycles. The number of hydrogen-bond donors (Lipinski definition) is 1. The van der Waals surface area contributed by atoms with E-state index in [0.29, 0.717) is 24.7 Å². The first-order chi connectivity index (χ1) is 16.2. The van der Waals surface area contributed by atoms with E-state index in [1.807, 2.05) is 27.0 Å². The Morgan fingerprint density at radius 3 is 2.56 bits per heavy atom. The number of aliphatic hydroxyl groups is 1. The first kappa shape index (κ1) is 23.5. The molecule has 0 spiro atoms. The zero-order chi connectivity index (χ0) is 24.2. The monoisotopic (exact) mass is 461 g/mol. The van der Waals surface area contributed by atoms with E-state index in [1.54, 1.807) is 10.5 Å². The van der Waals surface area contributed by atoms with Crippen LogP contribution in [0.5, 0.6) is 0 Å². The van der Waals surface area contributed by atoms with Gasteiger partial charge in [-0.15, -0.1) is 0 Å². The van der Waals surface area contributed by atoms with Gasteiger partial charge in [0.05, 0.1) is 12.5 Å². The van der Waals surface area contributed by atoms with Crippen molar-refractivity contribution in [2.45, 2.75) is 90.2 Å². The first-order valence-electron chi connectivity index (χ1n) is 13.2. The van der Waals surface area contributed by atoms with Gasteiger partial charge < -0.3 is 10.0 Å². The van der Waals surface area contributed by atoms with E-state index in [0.717, 1.165) is 44.1 Å². The summed E-state index contributed by atoms with van der Waals surface area (Å²) in [7, 11) is 1.87. The van der Waals surface area contributed by atoms with Crippen molar-refractivity contribution in [2.24, 2.45) is 17.3 Å². The Kier molecular flexibility index (Phi) is 6.08. The van der Waals surface area contributed by atoms with Gasteiger partial charge in [0, 0.05) is 25.4 Å². The molecule has 5 atom stereocenters. The molecule has 1 amide bonds. The lowest BCUT2D eigenvalue weighted by molar-refractivity contribution is -0.130. The molecule has 1 aromatic carbocycles. The molecule has 0 saturated heterocycles. The number of benzene rings is 1. The first-order valence-corrected chi connectivity index (χ1v) is 13.2. The van der Waals surface area contributed by atoms with Gasteiger partial charge in [-0.1, -0.05) is 36.8 Å². The second-order valence-corrected chi connectivity index (χ2v) is 11.7. The standard InChI is InChI=1S/C30H39NO3/c1-18(2)31(4)28(34)15-19-5-7-20(8-6-19)25-17-30(3)26(13-14-27(30)33)24-11-9-21-16-22(32)10-12-23(21)29(24)25/h5-8,16,18,24-27,33H,9-15,17H2,1-4H3/t24-,25+,26-,27-,30-/m0/s1. The summed E-state index contributed by atoms with van der Waals surface area (Å²) in [6.45, 7) is 6.38. The van der Waals surface area contributed by atoms with Gasteiger partial charge in [0.15, 0.2) is 5.78 Å². The molecule has 4 aliphatic rings. The van der Waals surface area contributed by atoms with E-state index in [9.17, 15) is 14.7 Å². The van der Waals surface area contributed by atoms with Crippen molar-refractivity contribution in [3.63, 3.8) is 0 Å². The summed E-state index contributed by atoms with van der Waals surface area (Å²) in [5.74, 6) is 1.72. The Balaban J connectivity index is 1.51. The SMILES string of the molecule is CC(C)N(C)C(=O)Cc1ccc([C@H]2C[C@]3(C)[C@@H](O)CC[C@H]3[C@@H]3CCC4=CC(=O)CCC4=C32)cc1. The van der Waals surface area contributed by atoms with Crippen LogP contribution < -0.4 is 0 Å². The quantitative estimate of drug-likeness (QED) is 0.657. The molecule has 4 nitrogen and oxygen atoms in total. The van der Waals surface area contributed by atoms with Crippen LogP contribution in [0.25, 0.3) is 0 Å². The number of amides is 1. The van der Waals surface area contributed by atoms with Crippen LogP contribution in [0.3, 0.4) is 0 Å². The molecule has 0 unspecified atom stereocenters. The van der Waals surface area contributed by atoms with Gasteiger partial charge in [-0.05, 0) is 98.0 Å². The number of carbonyl (C=O) groups excluding carboxylic acids is 2. The second-order valence-electron chi connectivity index (χ2n) is 11.7. The predicted molar refractivity (Wildman–Crippen MR) is 134 cm³/mol. The number of ketones is 1. The Morgan fingerprint density at radius 1 is 1.12 bits per heavy atom. The molecule has 0 radical (unpaired) electrons. The van der Waals surface area contributed by atoms with Gasteiger partial charge >= 0.3 is 0 Å². The molecule has 1 N–H and O–H groups in total. The lowest BCUT2D eigenvalue weighted by Crippen LogP contribution is -2.45. The molecule has 4 aliphatic carbocycles. The van der Waals surface area contributed by atoms with Crippen LogP contribution in [-0.4, -0.2) is 40.9 Å². The summed E-state index contributed by atoms with van der Waals surface area (Å²) in [6.07, 6.45) is 8.64. The Hall–Kier alpha value is -2.20. The van der Waals surface area contributed by atoms with Crippen LogP contribution in [0.4, 0.5) is 0 Å². The zero-order valence-electron chi connectivity index (χ0n) is 21.1. The van der Waals surface area contributed by atoms with Crippen LogP contribution in [0.2, 0.25) is 0 Å². The fourth-order valence-corrected chi connectivity index (χ4v) is 7.39. The predicted octanol–water partition coefficient (Wildman–Crippen LogP) is 5.36. The topological polar surface area (TPSA) is 57.6 Å². The van der Waals surface area contributed by atoms with Gasteiger partial charge in [-0.2, -0.15) is 0 Å². The number of aliphatic hydroxyl groups excluding tert-OH is 1. The highest BCUT2D eigenvalue weighted by Crippen LogP contribution is 2.63. The maximum Gasteiger partial charge on any atom is 0.226 e. The van der Waals surface area contributed by atoms with E-state index >= 15 is 0 Å². The molecule has 0 heterocycles. The molecule has 2 fully saturated rings. The van der Waals surface area contributed by atoms with Gasteiger partial charge in [0.1, 0.15) is 0 Å². The van der Waals surface area contributed by atoms with Crippen molar-refractivity contribution in [2.75, 3.05) is 7.05 Å². The van der Waals surface area contributed by atoms with E-state index in [1.165, 1.54) is 16.7 Å². The van der Waals surface area contributed by atoms with Crippen molar-refractivity contribution in [1.82, 2.24) is 4.90 Å². The van der Waals surface area contributed by atoms with Crippen LogP contribution in [-0.2, 0) is 16.0 Å². The van der Waals surface area contributed by atoms with Gasteiger partial charge in [-0.3, -0.25) is 9.59 Å². The van der Waals surface area contributed by atoms with Crippen molar-refractivity contribution >= 4 is 11.7 Å². The summed E-state index contributed by atoms with van der Waals surface area (Å²) in [6, 6.07) is 8.85. The van der Waals surface area contributed by atoms with E-state index in [-0.39, 0.29) is 35.2 Å². The third kappa shape index (κ3) is 3.88. The van der Waals surface area contributed by atoms with Crippen LogP contribution >= 0.6 is 0 Å². The second kappa shape index (κ2) is 8.78. The summed E-state index contributed by atoms with van der Waals surface area (Å²) in [4.78, 5) is 26.5. The molecule has 0 bridgehead atoms. The molecule has 0 aliphatic heterocycles.